The SMILES string of the molecule is O=C(c1nnc2n1CCCCC2)N1CC[C@H]2[C@@H]1CC(=O)N2C1Cc2ccccc2C1. The van der Waals surface area contributed by atoms with Gasteiger partial charge in [0.15, 0.2) is 0 Å². The van der Waals surface area contributed by atoms with Crippen molar-refractivity contribution >= 4 is 11.8 Å². The Kier molecular flexibility index (Phi) is 4.18. The number of aromatic nitrogens is 3. The first-order valence-corrected chi connectivity index (χ1v) is 11.3. The molecule has 2 atom stereocenters. The number of benzene rings is 1. The molecule has 30 heavy (non-hydrogen) atoms. The van der Waals surface area contributed by atoms with Gasteiger partial charge >= 0.3 is 0 Å². The molecule has 7 nitrogen and oxygen atoms in total. The summed E-state index contributed by atoms with van der Waals surface area (Å²) in [6, 6.07) is 8.83. The highest BCUT2D eigenvalue weighted by Crippen LogP contribution is 2.38. The molecule has 2 amide bonds. The second-order valence-electron chi connectivity index (χ2n) is 9.16. The Labute approximate surface area is 176 Å². The van der Waals surface area contributed by atoms with Crippen LogP contribution in [-0.2, 0) is 30.6 Å². The van der Waals surface area contributed by atoms with Gasteiger partial charge in [0.1, 0.15) is 5.82 Å². The number of carbonyl (C=O) groups excluding carboxylic acids is 2. The fraction of sp³-hybridized carbons (Fsp3) is 0.565. The van der Waals surface area contributed by atoms with Crippen molar-refractivity contribution in [2.75, 3.05) is 6.54 Å². The summed E-state index contributed by atoms with van der Waals surface area (Å²) in [5, 5.41) is 8.56. The lowest BCUT2D eigenvalue weighted by Gasteiger charge is -2.30. The molecule has 0 N–H and O–H groups in total. The zero-order valence-corrected chi connectivity index (χ0v) is 17.2. The molecular formula is C23H27N5O2. The molecule has 4 heterocycles. The normalized spacial score (nSPS) is 25.9. The van der Waals surface area contributed by atoms with Crippen molar-refractivity contribution in [3.05, 3.63) is 47.0 Å². The molecule has 2 saturated heterocycles. The number of amides is 2. The largest absolute Gasteiger partial charge is 0.334 e. The Hall–Kier alpha value is -2.70. The minimum atomic E-state index is -0.0486. The van der Waals surface area contributed by atoms with E-state index in [1.54, 1.807) is 0 Å². The number of hydrogen-bond acceptors (Lipinski definition) is 4. The molecule has 1 aliphatic carbocycles. The average Bonchev–Trinajstić information content (AvgIpc) is 3.47. The first kappa shape index (κ1) is 18.1. The summed E-state index contributed by atoms with van der Waals surface area (Å²) < 4.78 is 2.02. The van der Waals surface area contributed by atoms with Gasteiger partial charge in [-0.15, -0.1) is 10.2 Å². The van der Waals surface area contributed by atoms with Crippen molar-refractivity contribution < 1.29 is 9.59 Å². The average molecular weight is 406 g/mol. The number of hydrogen-bond donors (Lipinski definition) is 0. The number of carbonyl (C=O) groups is 2. The van der Waals surface area contributed by atoms with Crippen LogP contribution in [0.4, 0.5) is 0 Å². The van der Waals surface area contributed by atoms with E-state index < -0.39 is 0 Å². The standard InChI is InChI=1S/C23H27N5O2/c29-21-14-19-18(28(21)17-12-15-6-3-4-7-16(15)13-17)9-11-26(19)23(30)22-25-24-20-8-2-1-5-10-27(20)22/h3-4,6-7,17-19H,1-2,5,8-14H2/t18-,19-/m0/s1. The maximum Gasteiger partial charge on any atom is 0.292 e. The maximum atomic E-state index is 13.4. The van der Waals surface area contributed by atoms with Crippen LogP contribution < -0.4 is 0 Å². The zero-order chi connectivity index (χ0) is 20.2. The fourth-order valence-electron chi connectivity index (χ4n) is 6.11. The predicted molar refractivity (Wildman–Crippen MR) is 110 cm³/mol. The summed E-state index contributed by atoms with van der Waals surface area (Å²) in [6.45, 7) is 1.51. The van der Waals surface area contributed by atoms with E-state index >= 15 is 0 Å². The molecule has 0 bridgehead atoms. The van der Waals surface area contributed by atoms with Gasteiger partial charge in [-0.05, 0) is 43.2 Å². The van der Waals surface area contributed by atoms with Crippen LogP contribution in [0.25, 0.3) is 0 Å². The number of fused-ring (bicyclic) bond motifs is 3. The van der Waals surface area contributed by atoms with Crippen molar-refractivity contribution in [2.24, 2.45) is 0 Å². The first-order valence-electron chi connectivity index (χ1n) is 11.3. The van der Waals surface area contributed by atoms with Crippen LogP contribution in [0.15, 0.2) is 24.3 Å². The molecule has 7 heteroatoms. The van der Waals surface area contributed by atoms with E-state index in [4.69, 9.17) is 0 Å². The van der Waals surface area contributed by atoms with Crippen molar-refractivity contribution in [3.8, 4) is 0 Å². The van der Waals surface area contributed by atoms with E-state index in [1.807, 2.05) is 9.47 Å². The number of aryl methyl sites for hydroxylation is 1. The first-order chi connectivity index (χ1) is 14.7. The summed E-state index contributed by atoms with van der Waals surface area (Å²) in [5.41, 5.74) is 2.71. The van der Waals surface area contributed by atoms with E-state index in [0.717, 1.165) is 50.9 Å². The highest BCUT2D eigenvalue weighted by molar-refractivity contribution is 5.92. The zero-order valence-electron chi connectivity index (χ0n) is 17.2. The van der Waals surface area contributed by atoms with E-state index in [1.165, 1.54) is 17.5 Å². The van der Waals surface area contributed by atoms with Gasteiger partial charge < -0.3 is 14.4 Å². The lowest BCUT2D eigenvalue weighted by molar-refractivity contribution is -0.131. The number of likely N-dealkylation sites (tertiary alicyclic amines) is 2. The van der Waals surface area contributed by atoms with Crippen molar-refractivity contribution in [2.45, 2.75) is 76.0 Å². The molecule has 0 unspecified atom stereocenters. The van der Waals surface area contributed by atoms with Gasteiger partial charge in [-0.25, -0.2) is 0 Å². The van der Waals surface area contributed by atoms with Gasteiger partial charge in [-0.1, -0.05) is 30.7 Å². The number of nitrogens with zero attached hydrogens (tertiary/aromatic N) is 5. The van der Waals surface area contributed by atoms with Crippen molar-refractivity contribution in [1.82, 2.24) is 24.6 Å². The summed E-state index contributed by atoms with van der Waals surface area (Å²) in [5.74, 6) is 1.54. The molecule has 4 aliphatic rings. The Morgan fingerprint density at radius 1 is 0.933 bits per heavy atom. The van der Waals surface area contributed by atoms with Crippen molar-refractivity contribution in [1.29, 1.82) is 0 Å². The van der Waals surface area contributed by atoms with Crippen LogP contribution in [-0.4, -0.2) is 61.0 Å². The van der Waals surface area contributed by atoms with Crippen LogP contribution in [0.1, 0.15) is 59.7 Å². The van der Waals surface area contributed by atoms with Gasteiger partial charge in [0.25, 0.3) is 5.91 Å². The lowest BCUT2D eigenvalue weighted by atomic mass is 10.1. The smallest absolute Gasteiger partial charge is 0.292 e. The van der Waals surface area contributed by atoms with Gasteiger partial charge in [0.05, 0.1) is 12.1 Å². The predicted octanol–water partition coefficient (Wildman–Crippen LogP) is 1.99. The summed E-state index contributed by atoms with van der Waals surface area (Å²) in [7, 11) is 0. The highest BCUT2D eigenvalue weighted by atomic mass is 16.2. The third-order valence-electron chi connectivity index (χ3n) is 7.52. The van der Waals surface area contributed by atoms with E-state index in [-0.39, 0.29) is 29.9 Å². The van der Waals surface area contributed by atoms with Crippen LogP contribution in [0.5, 0.6) is 0 Å². The monoisotopic (exact) mass is 405 g/mol. The second-order valence-corrected chi connectivity index (χ2v) is 9.16. The van der Waals surface area contributed by atoms with Gasteiger partial charge in [0, 0.05) is 32.0 Å². The molecule has 1 aromatic heterocycles. The quantitative estimate of drug-likeness (QED) is 0.766. The lowest BCUT2D eigenvalue weighted by Crippen LogP contribution is -2.45. The third-order valence-corrected chi connectivity index (χ3v) is 7.52. The minimum Gasteiger partial charge on any atom is -0.334 e. The molecule has 3 aliphatic heterocycles. The Morgan fingerprint density at radius 2 is 1.73 bits per heavy atom. The van der Waals surface area contributed by atoms with Crippen LogP contribution in [0.3, 0.4) is 0 Å². The second kappa shape index (κ2) is 6.93. The highest BCUT2D eigenvalue weighted by Gasteiger charge is 2.51. The number of rotatable bonds is 2. The molecule has 2 fully saturated rings. The third kappa shape index (κ3) is 2.71. The topological polar surface area (TPSA) is 71.3 Å². The molecule has 0 radical (unpaired) electrons. The van der Waals surface area contributed by atoms with Crippen molar-refractivity contribution in [3.63, 3.8) is 0 Å². The molecule has 0 saturated carbocycles. The van der Waals surface area contributed by atoms with E-state index in [0.29, 0.717) is 18.8 Å². The van der Waals surface area contributed by atoms with Gasteiger partial charge in [0.2, 0.25) is 11.7 Å². The molecule has 6 rings (SSSR count). The van der Waals surface area contributed by atoms with E-state index in [2.05, 4.69) is 39.4 Å². The summed E-state index contributed by atoms with van der Waals surface area (Å²) in [6.07, 6.45) is 7.37. The fourth-order valence-corrected chi connectivity index (χ4v) is 6.11. The van der Waals surface area contributed by atoms with Crippen LogP contribution >= 0.6 is 0 Å². The molecule has 156 valence electrons. The summed E-state index contributed by atoms with van der Waals surface area (Å²) in [4.78, 5) is 30.5. The molecule has 1 aromatic carbocycles. The minimum absolute atomic E-state index is 0.0348. The van der Waals surface area contributed by atoms with E-state index in [9.17, 15) is 9.59 Å². The van der Waals surface area contributed by atoms with Gasteiger partial charge in [-0.3, -0.25) is 9.59 Å². The molecule has 0 spiro atoms. The van der Waals surface area contributed by atoms with Gasteiger partial charge in [-0.2, -0.15) is 0 Å². The summed E-state index contributed by atoms with van der Waals surface area (Å²) >= 11 is 0. The Morgan fingerprint density at radius 3 is 2.53 bits per heavy atom. The maximum absolute atomic E-state index is 13.4. The van der Waals surface area contributed by atoms with Crippen LogP contribution in [0, 0.1) is 0 Å². The molecular weight excluding hydrogens is 378 g/mol. The Balaban J connectivity index is 1.23. The van der Waals surface area contributed by atoms with Crippen LogP contribution in [0.2, 0.25) is 0 Å². The molecule has 2 aromatic rings. The Bertz CT molecular complexity index is 990.